The van der Waals surface area contributed by atoms with Crippen LogP contribution in [0.15, 0.2) is 30.6 Å². The van der Waals surface area contributed by atoms with E-state index in [4.69, 9.17) is 4.74 Å². The predicted octanol–water partition coefficient (Wildman–Crippen LogP) is 1.63. The first-order valence-corrected chi connectivity index (χ1v) is 7.84. The molecule has 1 aliphatic heterocycles. The summed E-state index contributed by atoms with van der Waals surface area (Å²) in [7, 11) is 0. The first kappa shape index (κ1) is 15.3. The zero-order chi connectivity index (χ0) is 17.2. The van der Waals surface area contributed by atoms with E-state index >= 15 is 0 Å². The van der Waals surface area contributed by atoms with Crippen LogP contribution in [0.25, 0.3) is 10.9 Å². The Balaban J connectivity index is 1.68. The number of nitrogens with zero attached hydrogens (tertiary/aromatic N) is 4. The smallest absolute Gasteiger partial charge is 0.341 e. The summed E-state index contributed by atoms with van der Waals surface area (Å²) in [6, 6.07) is 5.58. The molecule has 4 rings (SSSR count). The summed E-state index contributed by atoms with van der Waals surface area (Å²) < 4.78 is 5.33. The second-order valence-corrected chi connectivity index (χ2v) is 5.63. The SMILES string of the molecule is O=C(O)c1cnc(N2CCOCC2)nc1Nc1ccc2[nH]ncc2c1. The van der Waals surface area contributed by atoms with Crippen LogP contribution in [0.1, 0.15) is 10.4 Å². The number of nitrogens with one attached hydrogen (secondary N) is 2. The fourth-order valence-electron chi connectivity index (χ4n) is 2.70. The number of carbonyl (C=O) groups is 1. The molecule has 128 valence electrons. The Morgan fingerprint density at radius 2 is 2.12 bits per heavy atom. The van der Waals surface area contributed by atoms with Gasteiger partial charge in [-0.3, -0.25) is 5.10 Å². The fourth-order valence-corrected chi connectivity index (χ4v) is 2.70. The molecule has 9 heteroatoms. The van der Waals surface area contributed by atoms with Crippen LogP contribution in [0.2, 0.25) is 0 Å². The van der Waals surface area contributed by atoms with Crippen molar-refractivity contribution >= 4 is 34.3 Å². The van der Waals surface area contributed by atoms with Gasteiger partial charge in [-0.25, -0.2) is 9.78 Å². The van der Waals surface area contributed by atoms with Crippen LogP contribution in [0.5, 0.6) is 0 Å². The maximum atomic E-state index is 11.5. The van der Waals surface area contributed by atoms with Crippen molar-refractivity contribution in [1.29, 1.82) is 0 Å². The minimum absolute atomic E-state index is 0.0179. The second-order valence-electron chi connectivity index (χ2n) is 5.63. The Labute approximate surface area is 142 Å². The van der Waals surface area contributed by atoms with Gasteiger partial charge < -0.3 is 20.1 Å². The number of carboxylic acid groups (broad SMARTS) is 1. The van der Waals surface area contributed by atoms with E-state index in [1.165, 1.54) is 6.20 Å². The van der Waals surface area contributed by atoms with Crippen LogP contribution >= 0.6 is 0 Å². The average molecular weight is 340 g/mol. The number of rotatable bonds is 4. The monoisotopic (exact) mass is 340 g/mol. The van der Waals surface area contributed by atoms with Crippen molar-refractivity contribution in [1.82, 2.24) is 20.2 Å². The lowest BCUT2D eigenvalue weighted by Crippen LogP contribution is -2.37. The van der Waals surface area contributed by atoms with E-state index in [1.807, 2.05) is 23.1 Å². The van der Waals surface area contributed by atoms with Crippen molar-refractivity contribution in [3.05, 3.63) is 36.2 Å². The Morgan fingerprint density at radius 3 is 2.92 bits per heavy atom. The molecule has 0 spiro atoms. The molecule has 0 bridgehead atoms. The van der Waals surface area contributed by atoms with Gasteiger partial charge in [-0.05, 0) is 18.2 Å². The van der Waals surface area contributed by atoms with Crippen molar-refractivity contribution < 1.29 is 14.6 Å². The molecule has 0 atom stereocenters. The molecule has 3 aromatic rings. The minimum atomic E-state index is -1.08. The van der Waals surface area contributed by atoms with Gasteiger partial charge in [0.2, 0.25) is 5.95 Å². The predicted molar refractivity (Wildman–Crippen MR) is 91.4 cm³/mol. The van der Waals surface area contributed by atoms with Crippen molar-refractivity contribution in [3.8, 4) is 0 Å². The van der Waals surface area contributed by atoms with Crippen LogP contribution in [0.3, 0.4) is 0 Å². The number of anilines is 3. The van der Waals surface area contributed by atoms with E-state index in [2.05, 4.69) is 25.5 Å². The van der Waals surface area contributed by atoms with Crippen molar-refractivity contribution in [2.75, 3.05) is 36.5 Å². The zero-order valence-electron chi connectivity index (χ0n) is 13.3. The van der Waals surface area contributed by atoms with Crippen LogP contribution < -0.4 is 10.2 Å². The molecule has 3 N–H and O–H groups in total. The number of hydrogen-bond donors (Lipinski definition) is 3. The molecule has 1 aliphatic rings. The van der Waals surface area contributed by atoms with Crippen molar-refractivity contribution in [2.24, 2.45) is 0 Å². The highest BCUT2D eigenvalue weighted by Crippen LogP contribution is 2.24. The minimum Gasteiger partial charge on any atom is -0.477 e. The number of hydrogen-bond acceptors (Lipinski definition) is 7. The number of H-pyrrole nitrogens is 1. The van der Waals surface area contributed by atoms with E-state index in [1.54, 1.807) is 6.20 Å². The molecule has 0 radical (unpaired) electrons. The third-order valence-electron chi connectivity index (χ3n) is 4.00. The highest BCUT2D eigenvalue weighted by molar-refractivity contribution is 5.94. The summed E-state index contributed by atoms with van der Waals surface area (Å²) in [5.74, 6) is -0.340. The molecule has 3 heterocycles. The van der Waals surface area contributed by atoms with Crippen LogP contribution in [-0.4, -0.2) is 57.5 Å². The molecule has 9 nitrogen and oxygen atoms in total. The van der Waals surface area contributed by atoms with Crippen LogP contribution in [0.4, 0.5) is 17.5 Å². The lowest BCUT2D eigenvalue weighted by Gasteiger charge is -2.27. The van der Waals surface area contributed by atoms with Crippen LogP contribution in [-0.2, 0) is 4.74 Å². The molecule has 0 saturated carbocycles. The number of aromatic amines is 1. The number of benzene rings is 1. The maximum absolute atomic E-state index is 11.5. The summed E-state index contributed by atoms with van der Waals surface area (Å²) >= 11 is 0. The Hall–Kier alpha value is -3.20. The van der Waals surface area contributed by atoms with Gasteiger partial charge in [0, 0.05) is 30.4 Å². The summed E-state index contributed by atoms with van der Waals surface area (Å²) in [5, 5.41) is 20.3. The Bertz CT molecular complexity index is 919. The summed E-state index contributed by atoms with van der Waals surface area (Å²) in [6.45, 7) is 2.55. The molecular formula is C16H16N6O3. The van der Waals surface area contributed by atoms with Gasteiger partial charge in [0.15, 0.2) is 5.82 Å². The maximum Gasteiger partial charge on any atom is 0.341 e. The van der Waals surface area contributed by atoms with Crippen molar-refractivity contribution in [3.63, 3.8) is 0 Å². The van der Waals surface area contributed by atoms with Gasteiger partial charge in [-0.2, -0.15) is 10.1 Å². The zero-order valence-corrected chi connectivity index (χ0v) is 13.3. The highest BCUT2D eigenvalue weighted by Gasteiger charge is 2.19. The van der Waals surface area contributed by atoms with E-state index in [-0.39, 0.29) is 11.4 Å². The number of morpholine rings is 1. The van der Waals surface area contributed by atoms with Gasteiger partial charge in [0.05, 0.1) is 24.9 Å². The second kappa shape index (κ2) is 6.36. The molecule has 1 fully saturated rings. The van der Waals surface area contributed by atoms with Crippen LogP contribution in [0, 0.1) is 0 Å². The number of fused-ring (bicyclic) bond motifs is 1. The van der Waals surface area contributed by atoms with E-state index in [9.17, 15) is 9.90 Å². The third-order valence-corrected chi connectivity index (χ3v) is 4.00. The molecule has 2 aromatic heterocycles. The molecule has 1 aromatic carbocycles. The first-order valence-electron chi connectivity index (χ1n) is 7.84. The average Bonchev–Trinajstić information content (AvgIpc) is 3.10. The van der Waals surface area contributed by atoms with E-state index < -0.39 is 5.97 Å². The topological polar surface area (TPSA) is 116 Å². The molecule has 0 aliphatic carbocycles. The normalized spacial score (nSPS) is 14.6. The van der Waals surface area contributed by atoms with Crippen molar-refractivity contribution in [2.45, 2.75) is 0 Å². The van der Waals surface area contributed by atoms with E-state index in [0.29, 0.717) is 32.3 Å². The lowest BCUT2D eigenvalue weighted by molar-refractivity contribution is 0.0697. The van der Waals surface area contributed by atoms with Gasteiger partial charge in [-0.15, -0.1) is 0 Å². The molecule has 0 amide bonds. The number of aromatic carboxylic acids is 1. The summed E-state index contributed by atoms with van der Waals surface area (Å²) in [6.07, 6.45) is 3.04. The lowest BCUT2D eigenvalue weighted by atomic mass is 10.2. The summed E-state index contributed by atoms with van der Waals surface area (Å²) in [4.78, 5) is 22.1. The van der Waals surface area contributed by atoms with Gasteiger partial charge in [0.25, 0.3) is 0 Å². The molecule has 25 heavy (non-hydrogen) atoms. The van der Waals surface area contributed by atoms with Gasteiger partial charge in [0.1, 0.15) is 5.56 Å². The number of ether oxygens (including phenoxy) is 1. The molecule has 1 saturated heterocycles. The quantitative estimate of drug-likeness (QED) is 0.656. The third kappa shape index (κ3) is 3.09. The molecule has 0 unspecified atom stereocenters. The fraction of sp³-hybridized carbons (Fsp3) is 0.250. The first-order chi connectivity index (χ1) is 12.2. The Kier molecular flexibility index (Phi) is 3.90. The number of carboxylic acids is 1. The van der Waals surface area contributed by atoms with Gasteiger partial charge in [-0.1, -0.05) is 0 Å². The summed E-state index contributed by atoms with van der Waals surface area (Å²) in [5.41, 5.74) is 1.65. The van der Waals surface area contributed by atoms with Gasteiger partial charge >= 0.3 is 5.97 Å². The Morgan fingerprint density at radius 1 is 1.28 bits per heavy atom. The number of aromatic nitrogens is 4. The largest absolute Gasteiger partial charge is 0.477 e. The standard InChI is InChI=1S/C16H16N6O3/c23-15(24)12-9-17-16(22-3-5-25-6-4-22)20-14(12)19-11-1-2-13-10(7-11)8-18-21-13/h1-2,7-9H,3-6H2,(H,18,21)(H,23,24)(H,17,19,20). The molecular weight excluding hydrogens is 324 g/mol. The highest BCUT2D eigenvalue weighted by atomic mass is 16.5. The van der Waals surface area contributed by atoms with E-state index in [0.717, 1.165) is 16.6 Å².